The molecule has 178 valence electrons. The van der Waals surface area contributed by atoms with Crippen molar-refractivity contribution in [2.45, 2.75) is 161 Å². The monoisotopic (exact) mass is 422 g/mol. The minimum absolute atomic E-state index is 0.458. The van der Waals surface area contributed by atoms with Crippen LogP contribution in [0, 0.1) is 0 Å². The van der Waals surface area contributed by atoms with E-state index in [1.807, 2.05) is 0 Å². The summed E-state index contributed by atoms with van der Waals surface area (Å²) in [7, 11) is 0. The third-order valence-electron chi connectivity index (χ3n) is 7.87. The maximum atomic E-state index is 6.37. The first-order chi connectivity index (χ1) is 14.6. The van der Waals surface area contributed by atoms with E-state index in [4.69, 9.17) is 4.74 Å². The lowest BCUT2D eigenvalue weighted by Crippen LogP contribution is -2.63. The van der Waals surface area contributed by atoms with Gasteiger partial charge in [-0.2, -0.15) is 0 Å². The number of nitrogens with zero attached hydrogens (tertiary/aromatic N) is 2. The minimum atomic E-state index is 0.458. The Hall–Kier alpha value is -0.120. The highest BCUT2D eigenvalue weighted by molar-refractivity contribution is 4.91. The molecule has 0 aromatic heterocycles. The summed E-state index contributed by atoms with van der Waals surface area (Å²) in [4.78, 5) is 5.64. The molecule has 0 aliphatic carbocycles. The van der Waals surface area contributed by atoms with Crippen molar-refractivity contribution < 1.29 is 4.74 Å². The van der Waals surface area contributed by atoms with Crippen molar-refractivity contribution in [1.29, 1.82) is 0 Å². The minimum Gasteiger partial charge on any atom is -0.378 e. The predicted molar refractivity (Wildman–Crippen MR) is 131 cm³/mol. The maximum absolute atomic E-state index is 6.37. The van der Waals surface area contributed by atoms with E-state index < -0.39 is 0 Å². The fourth-order valence-corrected chi connectivity index (χ4v) is 6.09. The SMILES string of the molecule is CCCCCCCCCCCOCC(N1[C@H](C)CCC[C@@H]1C)N1[C@H](C)CCC[C@@H]1C. The van der Waals surface area contributed by atoms with Gasteiger partial charge in [0.15, 0.2) is 0 Å². The van der Waals surface area contributed by atoms with Gasteiger partial charge in [0.05, 0.1) is 12.8 Å². The van der Waals surface area contributed by atoms with Crippen molar-refractivity contribution in [1.82, 2.24) is 9.80 Å². The summed E-state index contributed by atoms with van der Waals surface area (Å²) in [6.07, 6.45) is 21.0. The van der Waals surface area contributed by atoms with Gasteiger partial charge < -0.3 is 4.74 Å². The van der Waals surface area contributed by atoms with E-state index >= 15 is 0 Å². The standard InChI is InChI=1S/C27H54N2O/c1-6-7-8-9-10-11-12-13-14-21-30-22-27(28-23(2)17-15-18-24(28)3)29-25(4)19-16-20-26(29)5/h23-27H,6-22H2,1-5H3/t23-,24+,25-,26+. The third-order valence-corrected chi connectivity index (χ3v) is 7.87. The Kier molecular flexibility index (Phi) is 12.9. The number of hydrogen-bond donors (Lipinski definition) is 0. The predicted octanol–water partition coefficient (Wildman–Crippen LogP) is 7.39. The van der Waals surface area contributed by atoms with Gasteiger partial charge in [0.2, 0.25) is 0 Å². The van der Waals surface area contributed by atoms with Crippen molar-refractivity contribution in [2.75, 3.05) is 13.2 Å². The van der Waals surface area contributed by atoms with E-state index in [1.54, 1.807) is 0 Å². The van der Waals surface area contributed by atoms with Crippen LogP contribution in [0.4, 0.5) is 0 Å². The normalized spacial score (nSPS) is 29.0. The molecular weight excluding hydrogens is 368 g/mol. The average molecular weight is 423 g/mol. The molecule has 2 aliphatic heterocycles. The first-order valence-electron chi connectivity index (χ1n) is 13.7. The Bertz CT molecular complexity index is 383. The van der Waals surface area contributed by atoms with E-state index in [-0.39, 0.29) is 0 Å². The van der Waals surface area contributed by atoms with Crippen LogP contribution in [0.25, 0.3) is 0 Å². The zero-order chi connectivity index (χ0) is 21.8. The van der Waals surface area contributed by atoms with Gasteiger partial charge in [0.25, 0.3) is 0 Å². The van der Waals surface area contributed by atoms with Gasteiger partial charge in [-0.1, -0.05) is 71.1 Å². The molecule has 2 aliphatic rings. The Labute approximate surface area is 189 Å². The van der Waals surface area contributed by atoms with Crippen molar-refractivity contribution in [3.05, 3.63) is 0 Å². The van der Waals surface area contributed by atoms with Crippen molar-refractivity contribution in [3.8, 4) is 0 Å². The summed E-state index contributed by atoms with van der Waals surface area (Å²) in [6.45, 7) is 13.9. The number of rotatable bonds is 14. The van der Waals surface area contributed by atoms with Crippen LogP contribution < -0.4 is 0 Å². The Morgan fingerprint density at radius 1 is 0.633 bits per heavy atom. The van der Waals surface area contributed by atoms with Crippen LogP contribution in [0.15, 0.2) is 0 Å². The zero-order valence-corrected chi connectivity index (χ0v) is 21.2. The van der Waals surface area contributed by atoms with Crippen LogP contribution in [0.3, 0.4) is 0 Å². The second-order valence-corrected chi connectivity index (χ2v) is 10.5. The number of likely N-dealkylation sites (tertiary alicyclic amines) is 2. The quantitative estimate of drug-likeness (QED) is 0.271. The van der Waals surface area contributed by atoms with E-state index in [1.165, 1.54) is 96.3 Å². The van der Waals surface area contributed by atoms with Gasteiger partial charge in [-0.25, -0.2) is 0 Å². The molecule has 0 bridgehead atoms. The molecule has 0 spiro atoms. The van der Waals surface area contributed by atoms with Crippen molar-refractivity contribution >= 4 is 0 Å². The molecule has 2 rings (SSSR count). The summed E-state index contributed by atoms with van der Waals surface area (Å²) in [5, 5.41) is 0. The second-order valence-electron chi connectivity index (χ2n) is 10.5. The van der Waals surface area contributed by atoms with Crippen LogP contribution in [0.1, 0.15) is 131 Å². The number of unbranched alkanes of at least 4 members (excludes halogenated alkanes) is 8. The van der Waals surface area contributed by atoms with E-state index in [0.717, 1.165) is 13.2 Å². The first kappa shape index (κ1) is 26.1. The number of hydrogen-bond acceptors (Lipinski definition) is 3. The van der Waals surface area contributed by atoms with Crippen LogP contribution in [0.2, 0.25) is 0 Å². The van der Waals surface area contributed by atoms with E-state index in [9.17, 15) is 0 Å². The highest BCUT2D eigenvalue weighted by Crippen LogP contribution is 2.32. The largest absolute Gasteiger partial charge is 0.378 e. The molecular formula is C27H54N2O. The molecule has 30 heavy (non-hydrogen) atoms. The number of ether oxygens (including phenoxy) is 1. The fourth-order valence-electron chi connectivity index (χ4n) is 6.09. The lowest BCUT2D eigenvalue weighted by molar-refractivity contribution is -0.109. The zero-order valence-electron chi connectivity index (χ0n) is 21.2. The first-order valence-corrected chi connectivity index (χ1v) is 13.7. The summed E-state index contributed by atoms with van der Waals surface area (Å²) in [6, 6.07) is 2.71. The Balaban J connectivity index is 1.77. The van der Waals surface area contributed by atoms with Gasteiger partial charge in [-0.3, -0.25) is 9.80 Å². The Morgan fingerprint density at radius 3 is 1.47 bits per heavy atom. The van der Waals surface area contributed by atoms with E-state index in [0.29, 0.717) is 30.3 Å². The second kappa shape index (κ2) is 14.9. The summed E-state index contributed by atoms with van der Waals surface area (Å²) >= 11 is 0. The van der Waals surface area contributed by atoms with Gasteiger partial charge in [0, 0.05) is 30.8 Å². The lowest BCUT2D eigenvalue weighted by Gasteiger charge is -2.53. The summed E-state index contributed by atoms with van der Waals surface area (Å²) in [5.74, 6) is 0. The molecule has 3 heteroatoms. The molecule has 2 fully saturated rings. The molecule has 2 saturated heterocycles. The van der Waals surface area contributed by atoms with Gasteiger partial charge in [-0.05, 0) is 59.8 Å². The van der Waals surface area contributed by atoms with Crippen LogP contribution in [-0.4, -0.2) is 53.3 Å². The smallest absolute Gasteiger partial charge is 0.0873 e. The van der Waals surface area contributed by atoms with Crippen LogP contribution >= 0.6 is 0 Å². The van der Waals surface area contributed by atoms with Gasteiger partial charge >= 0.3 is 0 Å². The average Bonchev–Trinajstić information content (AvgIpc) is 2.71. The van der Waals surface area contributed by atoms with Gasteiger partial charge in [-0.15, -0.1) is 0 Å². The highest BCUT2D eigenvalue weighted by Gasteiger charge is 2.39. The third kappa shape index (κ3) is 8.43. The maximum Gasteiger partial charge on any atom is 0.0873 e. The van der Waals surface area contributed by atoms with E-state index in [2.05, 4.69) is 44.4 Å². The summed E-state index contributed by atoms with van der Waals surface area (Å²) < 4.78 is 6.37. The molecule has 0 amide bonds. The Morgan fingerprint density at radius 2 is 1.03 bits per heavy atom. The van der Waals surface area contributed by atoms with Crippen molar-refractivity contribution in [3.63, 3.8) is 0 Å². The molecule has 0 unspecified atom stereocenters. The van der Waals surface area contributed by atoms with Crippen molar-refractivity contribution in [2.24, 2.45) is 0 Å². The molecule has 0 N–H and O–H groups in total. The van der Waals surface area contributed by atoms with Crippen LogP contribution in [0.5, 0.6) is 0 Å². The number of piperidine rings is 2. The van der Waals surface area contributed by atoms with Crippen LogP contribution in [-0.2, 0) is 4.74 Å². The summed E-state index contributed by atoms with van der Waals surface area (Å²) in [5.41, 5.74) is 0. The molecule has 2 heterocycles. The molecule has 0 radical (unpaired) electrons. The molecule has 3 nitrogen and oxygen atoms in total. The lowest BCUT2D eigenvalue weighted by atomic mass is 9.93. The highest BCUT2D eigenvalue weighted by atomic mass is 16.5. The molecule has 0 aromatic carbocycles. The molecule has 4 atom stereocenters. The fraction of sp³-hybridized carbons (Fsp3) is 1.00. The molecule has 0 saturated carbocycles. The topological polar surface area (TPSA) is 15.7 Å². The van der Waals surface area contributed by atoms with Gasteiger partial charge in [0.1, 0.15) is 0 Å². The molecule has 0 aromatic rings.